The van der Waals surface area contributed by atoms with E-state index in [0.717, 1.165) is 6.42 Å². The summed E-state index contributed by atoms with van der Waals surface area (Å²) in [4.78, 5) is 0. The van der Waals surface area contributed by atoms with Gasteiger partial charge in [0.2, 0.25) is 0 Å². The van der Waals surface area contributed by atoms with E-state index in [1.165, 1.54) is 10.4 Å². The van der Waals surface area contributed by atoms with Crippen molar-refractivity contribution in [2.75, 3.05) is 0 Å². The van der Waals surface area contributed by atoms with Crippen molar-refractivity contribution in [3.8, 4) is 0 Å². The summed E-state index contributed by atoms with van der Waals surface area (Å²) in [5, 5.41) is 2.84. The maximum atomic E-state index is 4.65. The Bertz CT molecular complexity index is 565. The second-order valence-electron chi connectivity index (χ2n) is 5.86. The molecule has 2 aromatic rings. The van der Waals surface area contributed by atoms with Gasteiger partial charge < -0.3 is 6.55 Å². The molecule has 1 aliphatic carbocycles. The molecule has 122 valence electrons. The molecule has 0 saturated carbocycles. The maximum absolute atomic E-state index is 4.65. The van der Waals surface area contributed by atoms with Gasteiger partial charge >= 0.3 is 21.1 Å². The van der Waals surface area contributed by atoms with Gasteiger partial charge in [-0.2, -0.15) is 6.08 Å². The van der Waals surface area contributed by atoms with E-state index in [-0.39, 0.29) is 21.1 Å². The van der Waals surface area contributed by atoms with Crippen LogP contribution in [-0.2, 0) is 21.1 Å². The quantitative estimate of drug-likeness (QED) is 0.436. The molecule has 1 aliphatic rings. The van der Waals surface area contributed by atoms with E-state index in [4.69, 9.17) is 0 Å². The van der Waals surface area contributed by atoms with E-state index in [2.05, 4.69) is 93.2 Å². The Labute approximate surface area is 156 Å². The number of hydrogen-bond donors (Lipinski definition) is 0. The first-order valence-corrected chi connectivity index (χ1v) is 10.1. The average Bonchev–Trinajstić information content (AvgIpc) is 3.15. The summed E-state index contributed by atoms with van der Waals surface area (Å²) in [5.41, 5.74) is 0.590. The molecule has 0 amide bonds. The van der Waals surface area contributed by atoms with Crippen LogP contribution in [-0.4, -0.2) is 8.07 Å². The minimum absolute atomic E-state index is 0. The first-order chi connectivity index (χ1) is 10.7. The zero-order valence-corrected chi connectivity index (χ0v) is 17.1. The molecule has 0 fully saturated rings. The van der Waals surface area contributed by atoms with Crippen molar-refractivity contribution >= 4 is 18.4 Å². The number of benzene rings is 2. The van der Waals surface area contributed by atoms with Crippen molar-refractivity contribution < 1.29 is 21.1 Å². The summed E-state index contributed by atoms with van der Waals surface area (Å²) < 4.78 is 0. The third-order valence-electron chi connectivity index (χ3n) is 4.15. The first-order valence-electron chi connectivity index (χ1n) is 7.84. The van der Waals surface area contributed by atoms with Crippen LogP contribution in [0.5, 0.6) is 0 Å². The summed E-state index contributed by atoms with van der Waals surface area (Å²) >= 11 is 0. The van der Waals surface area contributed by atoms with Gasteiger partial charge in [-0.05, 0) is 8.07 Å². The monoisotopic (exact) mass is 499 g/mol. The molecule has 23 heavy (non-hydrogen) atoms. The molecule has 2 aromatic carbocycles. The van der Waals surface area contributed by atoms with Crippen LogP contribution in [0, 0.1) is 12.6 Å². The van der Waals surface area contributed by atoms with Crippen molar-refractivity contribution in [2.45, 2.75) is 25.8 Å². The molecule has 0 unspecified atom stereocenters. The minimum atomic E-state index is -1.83. The molecule has 0 atom stereocenters. The molecule has 2 heteroatoms. The van der Waals surface area contributed by atoms with Crippen LogP contribution in [0.3, 0.4) is 0 Å². The van der Waals surface area contributed by atoms with Gasteiger partial charge in [-0.1, -0.05) is 90.4 Å². The van der Waals surface area contributed by atoms with Gasteiger partial charge in [-0.25, -0.2) is 12.2 Å². The smallest absolute Gasteiger partial charge is 0.333 e. The molecular weight excluding hydrogens is 475 g/mol. The summed E-state index contributed by atoms with van der Waals surface area (Å²) in [5.74, 6) is 0. The third-order valence-corrected chi connectivity index (χ3v) is 8.85. The van der Waals surface area contributed by atoms with E-state index in [9.17, 15) is 0 Å². The van der Waals surface area contributed by atoms with E-state index in [1.54, 1.807) is 0 Å². The van der Waals surface area contributed by atoms with E-state index in [1.807, 2.05) is 12.2 Å². The predicted molar refractivity (Wildman–Crippen MR) is 99.9 cm³/mol. The number of allylic oxidation sites excluding steroid dienone is 4. The van der Waals surface area contributed by atoms with E-state index in [0.29, 0.717) is 5.54 Å². The Kier molecular flexibility index (Phi) is 8.51. The van der Waals surface area contributed by atoms with Crippen LogP contribution in [0.1, 0.15) is 20.3 Å². The fourth-order valence-corrected chi connectivity index (χ4v) is 5.89. The number of rotatable bonds is 3. The Balaban J connectivity index is 0.000000377. The van der Waals surface area contributed by atoms with Crippen molar-refractivity contribution in [3.63, 3.8) is 0 Å². The molecule has 0 aliphatic heterocycles. The second-order valence-corrected chi connectivity index (χ2v) is 10.1. The Morgan fingerprint density at radius 3 is 1.65 bits per heavy atom. The molecule has 0 spiro atoms. The van der Waals surface area contributed by atoms with Crippen molar-refractivity contribution in [1.82, 2.24) is 0 Å². The zero-order valence-electron chi connectivity index (χ0n) is 13.8. The van der Waals surface area contributed by atoms with Gasteiger partial charge in [0.25, 0.3) is 0 Å². The van der Waals surface area contributed by atoms with Gasteiger partial charge in [-0.15, -0.1) is 6.42 Å². The Hall–Kier alpha value is -1.17. The molecule has 0 heterocycles. The van der Waals surface area contributed by atoms with E-state index < -0.39 is 8.07 Å². The largest absolute Gasteiger partial charge is 2.00 e. The first kappa shape index (κ1) is 19.9. The van der Waals surface area contributed by atoms with Crippen molar-refractivity contribution in [2.24, 2.45) is 0 Å². The molecule has 0 aromatic heterocycles. The summed E-state index contributed by atoms with van der Waals surface area (Å²) in [6.45, 7) is 9.23. The van der Waals surface area contributed by atoms with Crippen LogP contribution in [0.4, 0.5) is 0 Å². The fourth-order valence-electron chi connectivity index (χ4n) is 2.64. The van der Waals surface area contributed by atoms with E-state index >= 15 is 0 Å². The molecule has 0 nitrogen and oxygen atoms in total. The average molecular weight is 500 g/mol. The standard InChI is InChI=1S/C16H19Si.C5H5.Pt/c1-14(2)17(3,15-10-6-4-7-11-15)16-12-8-5-9-13-16;1-2-4-5-3-1;/h4-14H,3H2,1-2H3;1-3H,4H2;/q2*-1;+2. The van der Waals surface area contributed by atoms with Crippen molar-refractivity contribution in [1.29, 1.82) is 0 Å². The molecular formula is C21H24PtSi. The maximum Gasteiger partial charge on any atom is 2.00 e. The van der Waals surface area contributed by atoms with Crippen LogP contribution in [0.25, 0.3) is 0 Å². The Morgan fingerprint density at radius 2 is 1.39 bits per heavy atom. The SMILES string of the molecule is [C-]1=CC=CC1.[CH2-][Si](c1ccccc1)(c1ccccc1)C(C)C.[Pt+2]. The third kappa shape index (κ3) is 5.16. The minimum Gasteiger partial charge on any atom is -0.333 e. The zero-order chi connectivity index (χ0) is 15.8. The van der Waals surface area contributed by atoms with Gasteiger partial charge in [-0.3, -0.25) is 6.08 Å². The molecule has 0 bridgehead atoms. The van der Waals surface area contributed by atoms with Gasteiger partial charge in [0.15, 0.2) is 0 Å². The van der Waals surface area contributed by atoms with Gasteiger partial charge in [0.05, 0.1) is 0 Å². The summed E-state index contributed by atoms with van der Waals surface area (Å²) in [7, 11) is -1.83. The Morgan fingerprint density at radius 1 is 0.913 bits per heavy atom. The van der Waals surface area contributed by atoms with Crippen LogP contribution < -0.4 is 10.4 Å². The van der Waals surface area contributed by atoms with Crippen LogP contribution in [0.2, 0.25) is 5.54 Å². The van der Waals surface area contributed by atoms with Crippen LogP contribution >= 0.6 is 0 Å². The fraction of sp³-hybridized carbons (Fsp3) is 0.190. The molecule has 0 saturated heterocycles. The second kappa shape index (κ2) is 9.85. The van der Waals surface area contributed by atoms with Gasteiger partial charge in [0, 0.05) is 0 Å². The normalized spacial score (nSPS) is 12.5. The predicted octanol–water partition coefficient (Wildman–Crippen LogP) is 4.34. The molecule has 0 radical (unpaired) electrons. The summed E-state index contributed by atoms with van der Waals surface area (Å²) in [6.07, 6.45) is 10.0. The summed E-state index contributed by atoms with van der Waals surface area (Å²) in [6, 6.07) is 21.5. The number of hydrogen-bond acceptors (Lipinski definition) is 0. The van der Waals surface area contributed by atoms with Crippen molar-refractivity contribution in [3.05, 3.63) is 91.5 Å². The molecule has 0 N–H and O–H groups in total. The van der Waals surface area contributed by atoms with Gasteiger partial charge in [0.1, 0.15) is 0 Å². The topological polar surface area (TPSA) is 0 Å². The molecule has 3 rings (SSSR count). The van der Waals surface area contributed by atoms with Crippen LogP contribution in [0.15, 0.2) is 78.9 Å².